The molecule has 0 radical (unpaired) electrons. The van der Waals surface area contributed by atoms with Crippen molar-refractivity contribution < 1.29 is 19.1 Å². The van der Waals surface area contributed by atoms with Crippen LogP contribution in [-0.2, 0) is 9.53 Å². The van der Waals surface area contributed by atoms with Crippen molar-refractivity contribution in [1.29, 1.82) is 0 Å². The highest BCUT2D eigenvalue weighted by Gasteiger charge is 2.40. The summed E-state index contributed by atoms with van der Waals surface area (Å²) in [6.45, 7) is 5.95. The molecule has 2 heterocycles. The summed E-state index contributed by atoms with van der Waals surface area (Å²) >= 11 is 0. The number of hydrogen-bond donors (Lipinski definition) is 0. The number of carbonyl (C=O) groups is 2. The molecule has 0 aliphatic carbocycles. The van der Waals surface area contributed by atoms with E-state index in [4.69, 9.17) is 9.47 Å². The predicted molar refractivity (Wildman–Crippen MR) is 103 cm³/mol. The monoisotopic (exact) mass is 374 g/mol. The molecule has 3 rings (SSSR count). The van der Waals surface area contributed by atoms with Gasteiger partial charge in [-0.3, -0.25) is 9.59 Å². The van der Waals surface area contributed by atoms with Gasteiger partial charge in [0.1, 0.15) is 12.4 Å². The third-order valence-electron chi connectivity index (χ3n) is 5.76. The molecule has 6 nitrogen and oxygen atoms in total. The number of rotatable bonds is 6. The molecule has 1 aromatic rings. The highest BCUT2D eigenvalue weighted by atomic mass is 16.5. The lowest BCUT2D eigenvalue weighted by Crippen LogP contribution is -2.51. The maximum absolute atomic E-state index is 12.9. The van der Waals surface area contributed by atoms with Crippen LogP contribution in [-0.4, -0.2) is 68.1 Å². The van der Waals surface area contributed by atoms with Crippen LogP contribution >= 0.6 is 0 Å². The van der Waals surface area contributed by atoms with E-state index >= 15 is 0 Å². The Morgan fingerprint density at radius 3 is 2.67 bits per heavy atom. The van der Waals surface area contributed by atoms with Crippen molar-refractivity contribution in [3.05, 3.63) is 29.8 Å². The zero-order valence-corrected chi connectivity index (χ0v) is 16.4. The first-order valence-corrected chi connectivity index (χ1v) is 9.87. The zero-order chi connectivity index (χ0) is 19.3. The Morgan fingerprint density at radius 1 is 1.19 bits per heavy atom. The maximum atomic E-state index is 12.9. The van der Waals surface area contributed by atoms with E-state index in [2.05, 4.69) is 0 Å². The van der Waals surface area contributed by atoms with Gasteiger partial charge in [-0.2, -0.15) is 0 Å². The molecule has 2 aliphatic heterocycles. The summed E-state index contributed by atoms with van der Waals surface area (Å²) in [5.41, 5.74) is 0.847. The fraction of sp³-hybridized carbons (Fsp3) is 0.619. The van der Waals surface area contributed by atoms with Gasteiger partial charge in [-0.05, 0) is 49.8 Å². The summed E-state index contributed by atoms with van der Waals surface area (Å²) in [7, 11) is 1.89. The van der Waals surface area contributed by atoms with E-state index in [0.29, 0.717) is 37.6 Å². The lowest BCUT2D eigenvalue weighted by Gasteiger charge is -2.46. The molecule has 0 aromatic heterocycles. The summed E-state index contributed by atoms with van der Waals surface area (Å²) in [6, 6.07) is 7.38. The van der Waals surface area contributed by atoms with Gasteiger partial charge in [-0.25, -0.2) is 0 Å². The van der Waals surface area contributed by atoms with Crippen molar-refractivity contribution in [3.8, 4) is 5.75 Å². The van der Waals surface area contributed by atoms with Crippen LogP contribution < -0.4 is 4.74 Å². The SMILES string of the molecule is CCOCCOc1cccc(C(=O)N2CCC3(CCC(=O)N(C)C3)CC2)c1. The Bertz CT molecular complexity index is 668. The maximum Gasteiger partial charge on any atom is 0.253 e. The van der Waals surface area contributed by atoms with Crippen LogP contribution in [0.3, 0.4) is 0 Å². The highest BCUT2D eigenvalue weighted by molar-refractivity contribution is 5.94. The Hall–Kier alpha value is -2.08. The number of amides is 2. The molecular formula is C21H30N2O4. The molecule has 2 saturated heterocycles. The fourth-order valence-corrected chi connectivity index (χ4v) is 4.09. The van der Waals surface area contributed by atoms with Gasteiger partial charge in [0.2, 0.25) is 5.91 Å². The van der Waals surface area contributed by atoms with E-state index in [1.54, 1.807) is 0 Å². The Morgan fingerprint density at radius 2 is 1.96 bits per heavy atom. The molecule has 2 amide bonds. The molecule has 0 atom stereocenters. The van der Waals surface area contributed by atoms with Crippen LogP contribution in [0.25, 0.3) is 0 Å². The summed E-state index contributed by atoms with van der Waals surface area (Å²) in [5.74, 6) is 0.988. The van der Waals surface area contributed by atoms with E-state index < -0.39 is 0 Å². The summed E-state index contributed by atoms with van der Waals surface area (Å²) < 4.78 is 10.9. The van der Waals surface area contributed by atoms with Gasteiger partial charge >= 0.3 is 0 Å². The molecule has 0 saturated carbocycles. The van der Waals surface area contributed by atoms with Crippen LogP contribution in [0.4, 0.5) is 0 Å². The quantitative estimate of drug-likeness (QED) is 0.718. The topological polar surface area (TPSA) is 59.1 Å². The third-order valence-corrected chi connectivity index (χ3v) is 5.76. The normalized spacial score (nSPS) is 19.4. The van der Waals surface area contributed by atoms with Crippen molar-refractivity contribution in [2.45, 2.75) is 32.6 Å². The van der Waals surface area contributed by atoms with Crippen LogP contribution in [0.5, 0.6) is 5.75 Å². The first-order valence-electron chi connectivity index (χ1n) is 9.87. The molecule has 2 aliphatic rings. The summed E-state index contributed by atoms with van der Waals surface area (Å²) in [4.78, 5) is 28.4. The largest absolute Gasteiger partial charge is 0.491 e. The fourth-order valence-electron chi connectivity index (χ4n) is 4.09. The number of likely N-dealkylation sites (tertiary alicyclic amines) is 2. The van der Waals surface area contributed by atoms with Gasteiger partial charge in [0.05, 0.1) is 6.61 Å². The average molecular weight is 374 g/mol. The summed E-state index contributed by atoms with van der Waals surface area (Å²) in [6.07, 6.45) is 3.49. The Kier molecular flexibility index (Phi) is 6.37. The van der Waals surface area contributed by atoms with Gasteiger partial charge in [-0.1, -0.05) is 6.07 Å². The van der Waals surface area contributed by atoms with Gasteiger partial charge in [-0.15, -0.1) is 0 Å². The average Bonchev–Trinajstić information content (AvgIpc) is 2.69. The predicted octanol–water partition coefficient (Wildman–Crippen LogP) is 2.58. The minimum Gasteiger partial charge on any atom is -0.491 e. The van der Waals surface area contributed by atoms with Crippen molar-refractivity contribution in [3.63, 3.8) is 0 Å². The first-order chi connectivity index (χ1) is 13.0. The molecule has 0 bridgehead atoms. The minimum atomic E-state index is 0.0559. The molecule has 0 unspecified atom stereocenters. The van der Waals surface area contributed by atoms with Crippen LogP contribution in [0.2, 0.25) is 0 Å². The molecule has 0 N–H and O–H groups in total. The second-order valence-corrected chi connectivity index (χ2v) is 7.62. The first kappa shape index (κ1) is 19.7. The molecule has 1 spiro atoms. The second-order valence-electron chi connectivity index (χ2n) is 7.62. The molecule has 2 fully saturated rings. The van der Waals surface area contributed by atoms with Gasteiger partial charge in [0.25, 0.3) is 5.91 Å². The molecule has 1 aromatic carbocycles. The number of nitrogens with zero attached hydrogens (tertiary/aromatic N) is 2. The van der Waals surface area contributed by atoms with E-state index in [-0.39, 0.29) is 17.2 Å². The molecule has 6 heteroatoms. The smallest absolute Gasteiger partial charge is 0.253 e. The van der Waals surface area contributed by atoms with E-state index in [9.17, 15) is 9.59 Å². The Labute approximate surface area is 161 Å². The number of piperidine rings is 2. The second kappa shape index (κ2) is 8.74. The standard InChI is InChI=1S/C21H30N2O4/c1-3-26-13-14-27-18-6-4-5-17(15-18)20(25)23-11-9-21(10-12-23)8-7-19(24)22(2)16-21/h4-6,15H,3,7-14,16H2,1-2H3. The number of carbonyl (C=O) groups excluding carboxylic acids is 2. The van der Waals surface area contributed by atoms with E-state index in [1.165, 1.54) is 0 Å². The lowest BCUT2D eigenvalue weighted by atomic mass is 9.72. The van der Waals surface area contributed by atoms with Gasteiger partial charge in [0, 0.05) is 45.3 Å². The molecule has 148 valence electrons. The van der Waals surface area contributed by atoms with Crippen LogP contribution in [0.15, 0.2) is 24.3 Å². The van der Waals surface area contributed by atoms with E-state index in [0.717, 1.165) is 38.9 Å². The van der Waals surface area contributed by atoms with Gasteiger partial charge in [0.15, 0.2) is 0 Å². The third kappa shape index (κ3) is 4.80. The number of benzene rings is 1. The van der Waals surface area contributed by atoms with Crippen molar-refractivity contribution in [2.24, 2.45) is 5.41 Å². The van der Waals surface area contributed by atoms with Crippen molar-refractivity contribution in [2.75, 3.05) is 46.5 Å². The van der Waals surface area contributed by atoms with Crippen LogP contribution in [0, 0.1) is 5.41 Å². The van der Waals surface area contributed by atoms with Crippen molar-refractivity contribution in [1.82, 2.24) is 9.80 Å². The number of ether oxygens (including phenoxy) is 2. The highest BCUT2D eigenvalue weighted by Crippen LogP contribution is 2.40. The van der Waals surface area contributed by atoms with Gasteiger partial charge < -0.3 is 19.3 Å². The minimum absolute atomic E-state index is 0.0559. The number of hydrogen-bond acceptors (Lipinski definition) is 4. The van der Waals surface area contributed by atoms with Crippen molar-refractivity contribution >= 4 is 11.8 Å². The lowest BCUT2D eigenvalue weighted by molar-refractivity contribution is -0.137. The van der Waals surface area contributed by atoms with E-state index in [1.807, 2.05) is 48.0 Å². The summed E-state index contributed by atoms with van der Waals surface area (Å²) in [5, 5.41) is 0. The Balaban J connectivity index is 1.55. The molecule has 27 heavy (non-hydrogen) atoms. The molecular weight excluding hydrogens is 344 g/mol. The zero-order valence-electron chi connectivity index (χ0n) is 16.4. The van der Waals surface area contributed by atoms with Crippen LogP contribution in [0.1, 0.15) is 43.0 Å².